The van der Waals surface area contributed by atoms with E-state index in [1.54, 1.807) is 26.2 Å². The van der Waals surface area contributed by atoms with E-state index >= 15 is 0 Å². The van der Waals surface area contributed by atoms with Crippen molar-refractivity contribution in [3.63, 3.8) is 0 Å². The predicted octanol–water partition coefficient (Wildman–Crippen LogP) is 2.82. The van der Waals surface area contributed by atoms with Crippen molar-refractivity contribution in [1.82, 2.24) is 4.90 Å². The van der Waals surface area contributed by atoms with Crippen LogP contribution >= 0.6 is 0 Å². The van der Waals surface area contributed by atoms with E-state index in [-0.39, 0.29) is 11.8 Å². The third-order valence-electron chi connectivity index (χ3n) is 4.43. The van der Waals surface area contributed by atoms with Crippen molar-refractivity contribution in [3.05, 3.63) is 53.1 Å². The lowest BCUT2D eigenvalue weighted by Crippen LogP contribution is -2.37. The Balaban J connectivity index is 2.11. The van der Waals surface area contributed by atoms with Crippen LogP contribution in [0.25, 0.3) is 0 Å². The molecule has 2 aromatic carbocycles. The monoisotopic (exact) mass is 327 g/mol. The smallest absolute Gasteiger partial charge is 0.234 e. The molecule has 1 aliphatic rings. The van der Waals surface area contributed by atoms with Gasteiger partial charge < -0.3 is 19.1 Å². The van der Waals surface area contributed by atoms with E-state index in [1.807, 2.05) is 43.4 Å². The van der Waals surface area contributed by atoms with Gasteiger partial charge in [0.15, 0.2) is 11.5 Å². The first-order chi connectivity index (χ1) is 11.6. The van der Waals surface area contributed by atoms with Crippen molar-refractivity contribution < 1.29 is 19.0 Å². The number of rotatable bonds is 4. The Kier molecular flexibility index (Phi) is 4.34. The fourth-order valence-electron chi connectivity index (χ4n) is 3.17. The molecule has 5 heteroatoms. The zero-order valence-corrected chi connectivity index (χ0v) is 14.3. The van der Waals surface area contributed by atoms with Gasteiger partial charge in [-0.3, -0.25) is 4.79 Å². The number of hydrogen-bond donors (Lipinski definition) is 0. The molecule has 2 aromatic rings. The van der Waals surface area contributed by atoms with Crippen LogP contribution in [0.3, 0.4) is 0 Å². The van der Waals surface area contributed by atoms with Gasteiger partial charge in [0.1, 0.15) is 5.75 Å². The Morgan fingerprint density at radius 2 is 1.71 bits per heavy atom. The van der Waals surface area contributed by atoms with Gasteiger partial charge >= 0.3 is 0 Å². The molecular formula is C19H21NO4. The van der Waals surface area contributed by atoms with Gasteiger partial charge in [-0.15, -0.1) is 0 Å². The molecule has 0 fully saturated rings. The van der Waals surface area contributed by atoms with E-state index in [4.69, 9.17) is 14.2 Å². The van der Waals surface area contributed by atoms with Crippen LogP contribution in [0.5, 0.6) is 17.2 Å². The second-order valence-corrected chi connectivity index (χ2v) is 5.81. The zero-order chi connectivity index (χ0) is 17.3. The summed E-state index contributed by atoms with van der Waals surface area (Å²) in [5, 5.41) is 0. The maximum absolute atomic E-state index is 12.8. The van der Waals surface area contributed by atoms with Gasteiger partial charge in [0.2, 0.25) is 5.91 Å². The van der Waals surface area contributed by atoms with Crippen LogP contribution in [-0.4, -0.2) is 39.2 Å². The Hall–Kier alpha value is -2.69. The number of hydrogen-bond acceptors (Lipinski definition) is 4. The normalized spacial score (nSPS) is 16.6. The fourth-order valence-corrected chi connectivity index (χ4v) is 3.17. The molecule has 0 saturated carbocycles. The molecule has 1 atom stereocenters. The molecule has 1 unspecified atom stereocenters. The van der Waals surface area contributed by atoms with Crippen LogP contribution in [0.4, 0.5) is 0 Å². The third kappa shape index (κ3) is 2.66. The molecule has 0 radical (unpaired) electrons. The molecule has 0 spiro atoms. The van der Waals surface area contributed by atoms with E-state index in [9.17, 15) is 4.79 Å². The maximum atomic E-state index is 12.8. The lowest BCUT2D eigenvalue weighted by atomic mass is 9.84. The molecular weight excluding hydrogens is 306 g/mol. The first-order valence-corrected chi connectivity index (χ1v) is 7.72. The molecule has 3 rings (SSSR count). The molecule has 1 aliphatic heterocycles. The first kappa shape index (κ1) is 16.2. The summed E-state index contributed by atoms with van der Waals surface area (Å²) in [7, 11) is 6.65. The second-order valence-electron chi connectivity index (χ2n) is 5.81. The lowest BCUT2D eigenvalue weighted by molar-refractivity contribution is -0.131. The average Bonchev–Trinajstić information content (AvgIpc) is 2.61. The zero-order valence-electron chi connectivity index (χ0n) is 14.3. The Morgan fingerprint density at radius 1 is 0.958 bits per heavy atom. The summed E-state index contributed by atoms with van der Waals surface area (Å²) in [6.07, 6.45) is 0. The van der Waals surface area contributed by atoms with Crippen molar-refractivity contribution in [3.8, 4) is 17.2 Å². The summed E-state index contributed by atoms with van der Waals surface area (Å²) in [6, 6.07) is 11.5. The number of nitrogens with zero attached hydrogens (tertiary/aromatic N) is 1. The molecule has 126 valence electrons. The highest BCUT2D eigenvalue weighted by Crippen LogP contribution is 2.38. The number of carbonyl (C=O) groups excluding carboxylic acids is 1. The largest absolute Gasteiger partial charge is 0.497 e. The molecule has 5 nitrogen and oxygen atoms in total. The molecule has 0 bridgehead atoms. The third-order valence-corrected chi connectivity index (χ3v) is 4.43. The minimum atomic E-state index is -0.357. The van der Waals surface area contributed by atoms with Gasteiger partial charge in [0.25, 0.3) is 0 Å². The minimum Gasteiger partial charge on any atom is -0.497 e. The van der Waals surface area contributed by atoms with Crippen LogP contribution in [0, 0.1) is 0 Å². The standard InChI is InChI=1S/C19H21NO4/c1-20-11-13-9-14(22-2)6-7-15(13)18(19(20)21)12-5-8-16(23-3)17(10-12)24-4/h5-10,18H,11H2,1-4H3. The highest BCUT2D eigenvalue weighted by Gasteiger charge is 2.33. The van der Waals surface area contributed by atoms with E-state index in [2.05, 4.69) is 0 Å². The number of carbonyl (C=O) groups is 1. The van der Waals surface area contributed by atoms with Crippen molar-refractivity contribution in [2.45, 2.75) is 12.5 Å². The SMILES string of the molecule is COc1ccc2c(c1)CN(C)C(=O)C2c1ccc(OC)c(OC)c1. The quantitative estimate of drug-likeness (QED) is 0.866. The summed E-state index contributed by atoms with van der Waals surface area (Å²) in [4.78, 5) is 14.6. The number of likely N-dealkylation sites (N-methyl/N-ethyl adjacent to an activating group) is 1. The Labute approximate surface area is 141 Å². The van der Waals surface area contributed by atoms with Crippen LogP contribution in [-0.2, 0) is 11.3 Å². The van der Waals surface area contributed by atoms with E-state index in [0.717, 1.165) is 22.4 Å². The van der Waals surface area contributed by atoms with Crippen LogP contribution in [0.15, 0.2) is 36.4 Å². The highest BCUT2D eigenvalue weighted by atomic mass is 16.5. The van der Waals surface area contributed by atoms with Crippen LogP contribution in [0.2, 0.25) is 0 Å². The number of benzene rings is 2. The summed E-state index contributed by atoms with van der Waals surface area (Å²) in [6.45, 7) is 0.579. The summed E-state index contributed by atoms with van der Waals surface area (Å²) >= 11 is 0. The van der Waals surface area contributed by atoms with Crippen molar-refractivity contribution in [1.29, 1.82) is 0 Å². The van der Waals surface area contributed by atoms with Crippen molar-refractivity contribution >= 4 is 5.91 Å². The first-order valence-electron chi connectivity index (χ1n) is 7.72. The van der Waals surface area contributed by atoms with Gasteiger partial charge in [0.05, 0.1) is 27.2 Å². The Morgan fingerprint density at radius 3 is 2.38 bits per heavy atom. The predicted molar refractivity (Wildman–Crippen MR) is 90.9 cm³/mol. The van der Waals surface area contributed by atoms with Gasteiger partial charge in [-0.1, -0.05) is 12.1 Å². The van der Waals surface area contributed by atoms with E-state index in [1.165, 1.54) is 0 Å². The molecule has 0 N–H and O–H groups in total. The fraction of sp³-hybridized carbons (Fsp3) is 0.316. The molecule has 0 aromatic heterocycles. The lowest BCUT2D eigenvalue weighted by Gasteiger charge is -2.32. The number of methoxy groups -OCH3 is 3. The van der Waals surface area contributed by atoms with Crippen molar-refractivity contribution in [2.24, 2.45) is 0 Å². The highest BCUT2D eigenvalue weighted by molar-refractivity contribution is 5.89. The van der Waals surface area contributed by atoms with Gasteiger partial charge in [-0.25, -0.2) is 0 Å². The van der Waals surface area contributed by atoms with Gasteiger partial charge in [0, 0.05) is 13.6 Å². The molecule has 0 aliphatic carbocycles. The van der Waals surface area contributed by atoms with Crippen LogP contribution < -0.4 is 14.2 Å². The number of ether oxygens (including phenoxy) is 3. The second kappa shape index (κ2) is 6.43. The summed E-state index contributed by atoms with van der Waals surface area (Å²) < 4.78 is 16.0. The minimum absolute atomic E-state index is 0.0693. The van der Waals surface area contributed by atoms with Gasteiger partial charge in [-0.2, -0.15) is 0 Å². The molecule has 1 amide bonds. The summed E-state index contributed by atoms with van der Waals surface area (Å²) in [5.41, 5.74) is 2.98. The number of amides is 1. The molecule has 0 saturated heterocycles. The van der Waals surface area contributed by atoms with Crippen LogP contribution in [0.1, 0.15) is 22.6 Å². The summed E-state index contributed by atoms with van der Waals surface area (Å²) in [5.74, 6) is 1.77. The topological polar surface area (TPSA) is 48.0 Å². The number of fused-ring (bicyclic) bond motifs is 1. The molecule has 24 heavy (non-hydrogen) atoms. The van der Waals surface area contributed by atoms with E-state index < -0.39 is 0 Å². The van der Waals surface area contributed by atoms with Crippen molar-refractivity contribution in [2.75, 3.05) is 28.4 Å². The maximum Gasteiger partial charge on any atom is 0.234 e. The Bertz CT molecular complexity index is 772. The average molecular weight is 327 g/mol. The molecule has 1 heterocycles. The van der Waals surface area contributed by atoms with Gasteiger partial charge in [-0.05, 0) is 41.0 Å². The van der Waals surface area contributed by atoms with E-state index in [0.29, 0.717) is 18.0 Å².